The van der Waals surface area contributed by atoms with Crippen LogP contribution in [0.1, 0.15) is 5.69 Å². The topological polar surface area (TPSA) is 35.0 Å². The Hall–Kier alpha value is -1.71. The van der Waals surface area contributed by atoms with Gasteiger partial charge >= 0.3 is 0 Å². The minimum Gasteiger partial charge on any atom is -0.480 e. The van der Waals surface area contributed by atoms with Gasteiger partial charge in [-0.1, -0.05) is 0 Å². The van der Waals surface area contributed by atoms with Crippen LogP contribution in [0.4, 0.5) is 4.39 Å². The van der Waals surface area contributed by atoms with Gasteiger partial charge in [0.1, 0.15) is 11.5 Å². The van der Waals surface area contributed by atoms with Gasteiger partial charge in [-0.15, -0.1) is 0 Å². The third-order valence-electron chi connectivity index (χ3n) is 1.95. The quantitative estimate of drug-likeness (QED) is 0.693. The highest BCUT2D eigenvalue weighted by Crippen LogP contribution is 2.18. The molecule has 3 nitrogen and oxygen atoms in total. The molecular formula is C10H9FN2O. The number of rotatable bonds is 1. The predicted molar refractivity (Wildman–Crippen MR) is 50.8 cm³/mol. The Morgan fingerprint density at radius 2 is 2.00 bits per heavy atom. The summed E-state index contributed by atoms with van der Waals surface area (Å²) in [7, 11) is 1.52. The molecule has 4 heteroatoms. The number of nitrogens with zero attached hydrogens (tertiary/aromatic N) is 2. The molecule has 0 atom stereocenters. The molecule has 2 aromatic rings. The highest BCUT2D eigenvalue weighted by molar-refractivity contribution is 5.74. The molecule has 1 heterocycles. The number of aromatic nitrogens is 2. The molecule has 14 heavy (non-hydrogen) atoms. The van der Waals surface area contributed by atoms with E-state index < -0.39 is 0 Å². The summed E-state index contributed by atoms with van der Waals surface area (Å²) in [6.07, 6.45) is 0. The molecule has 0 unspecified atom stereocenters. The van der Waals surface area contributed by atoms with Gasteiger partial charge in [0.15, 0.2) is 0 Å². The number of hydrogen-bond acceptors (Lipinski definition) is 3. The van der Waals surface area contributed by atoms with Crippen LogP contribution >= 0.6 is 0 Å². The van der Waals surface area contributed by atoms with Gasteiger partial charge in [0, 0.05) is 6.07 Å². The lowest BCUT2D eigenvalue weighted by Crippen LogP contribution is -1.95. The van der Waals surface area contributed by atoms with Gasteiger partial charge < -0.3 is 4.74 Å². The van der Waals surface area contributed by atoms with E-state index in [1.165, 1.54) is 19.2 Å². The summed E-state index contributed by atoms with van der Waals surface area (Å²) in [5.74, 6) is 0.112. The fraction of sp³-hybridized carbons (Fsp3) is 0.200. The highest BCUT2D eigenvalue weighted by Gasteiger charge is 2.05. The van der Waals surface area contributed by atoms with Crippen molar-refractivity contribution < 1.29 is 9.13 Å². The van der Waals surface area contributed by atoms with Crippen molar-refractivity contribution in [2.24, 2.45) is 0 Å². The van der Waals surface area contributed by atoms with Crippen LogP contribution in [0.15, 0.2) is 18.2 Å². The van der Waals surface area contributed by atoms with Crippen molar-refractivity contribution in [2.45, 2.75) is 6.92 Å². The van der Waals surface area contributed by atoms with E-state index >= 15 is 0 Å². The average Bonchev–Trinajstić information content (AvgIpc) is 2.17. The van der Waals surface area contributed by atoms with E-state index in [1.807, 2.05) is 0 Å². The summed E-state index contributed by atoms with van der Waals surface area (Å²) in [5.41, 5.74) is 1.88. The second-order valence-electron chi connectivity index (χ2n) is 2.95. The van der Waals surface area contributed by atoms with Crippen LogP contribution in [0.25, 0.3) is 11.0 Å². The fourth-order valence-corrected chi connectivity index (χ4v) is 1.29. The number of aryl methyl sites for hydroxylation is 1. The van der Waals surface area contributed by atoms with Gasteiger partial charge in [0.2, 0.25) is 5.88 Å². The minimum absolute atomic E-state index is 0.322. The molecular weight excluding hydrogens is 183 g/mol. The van der Waals surface area contributed by atoms with Crippen LogP contribution in [0.5, 0.6) is 5.88 Å². The summed E-state index contributed by atoms with van der Waals surface area (Å²) in [4.78, 5) is 8.36. The largest absolute Gasteiger partial charge is 0.480 e. The van der Waals surface area contributed by atoms with Gasteiger partial charge in [-0.3, -0.25) is 0 Å². The van der Waals surface area contributed by atoms with E-state index in [0.717, 1.165) is 0 Å². The van der Waals surface area contributed by atoms with Gasteiger partial charge in [-0.2, -0.15) is 0 Å². The summed E-state index contributed by atoms with van der Waals surface area (Å²) in [6.45, 7) is 1.80. The molecule has 0 aliphatic rings. The molecule has 1 aromatic heterocycles. The standard InChI is InChI=1S/C10H9FN2O/c1-6-10(14-2)13-9-5-7(11)3-4-8(9)12-6/h3-5H,1-2H3. The molecule has 2 rings (SSSR count). The van der Waals surface area contributed by atoms with Crippen LogP contribution < -0.4 is 4.74 Å². The van der Waals surface area contributed by atoms with Crippen molar-refractivity contribution in [1.29, 1.82) is 0 Å². The van der Waals surface area contributed by atoms with Crippen molar-refractivity contribution in [3.8, 4) is 5.88 Å². The number of hydrogen-bond donors (Lipinski definition) is 0. The van der Waals surface area contributed by atoms with Gasteiger partial charge in [0.05, 0.1) is 18.1 Å². The number of fused-ring (bicyclic) bond motifs is 1. The molecule has 0 aliphatic heterocycles. The first-order valence-electron chi connectivity index (χ1n) is 4.18. The molecule has 1 aromatic carbocycles. The normalized spacial score (nSPS) is 10.5. The Labute approximate surface area is 80.6 Å². The van der Waals surface area contributed by atoms with Crippen LogP contribution in [0, 0.1) is 12.7 Å². The molecule has 0 radical (unpaired) electrons. The monoisotopic (exact) mass is 192 g/mol. The van der Waals surface area contributed by atoms with Crippen molar-refractivity contribution in [3.05, 3.63) is 29.7 Å². The van der Waals surface area contributed by atoms with Crippen LogP contribution in [-0.4, -0.2) is 17.1 Å². The Bertz CT molecular complexity index is 485. The maximum absolute atomic E-state index is 12.9. The lowest BCUT2D eigenvalue weighted by Gasteiger charge is -2.04. The third-order valence-corrected chi connectivity index (χ3v) is 1.95. The molecule has 0 saturated heterocycles. The number of methoxy groups -OCH3 is 1. The van der Waals surface area contributed by atoms with Crippen molar-refractivity contribution in [3.63, 3.8) is 0 Å². The van der Waals surface area contributed by atoms with E-state index in [1.54, 1.807) is 13.0 Å². The zero-order chi connectivity index (χ0) is 10.1. The van der Waals surface area contributed by atoms with Crippen molar-refractivity contribution in [2.75, 3.05) is 7.11 Å². The zero-order valence-electron chi connectivity index (χ0n) is 7.91. The molecule has 72 valence electrons. The maximum atomic E-state index is 12.9. The van der Waals surface area contributed by atoms with Crippen LogP contribution in [-0.2, 0) is 0 Å². The van der Waals surface area contributed by atoms with E-state index in [2.05, 4.69) is 9.97 Å². The summed E-state index contributed by atoms with van der Waals surface area (Å²) >= 11 is 0. The van der Waals surface area contributed by atoms with Crippen LogP contribution in [0.3, 0.4) is 0 Å². The van der Waals surface area contributed by atoms with E-state index in [4.69, 9.17) is 4.74 Å². The van der Waals surface area contributed by atoms with Gasteiger partial charge in [-0.05, 0) is 19.1 Å². The zero-order valence-corrected chi connectivity index (χ0v) is 7.91. The van der Waals surface area contributed by atoms with E-state index in [-0.39, 0.29) is 5.82 Å². The van der Waals surface area contributed by atoms with E-state index in [0.29, 0.717) is 22.6 Å². The Kier molecular flexibility index (Phi) is 2.04. The molecule has 0 spiro atoms. The lowest BCUT2D eigenvalue weighted by atomic mass is 10.3. The average molecular weight is 192 g/mol. The highest BCUT2D eigenvalue weighted by atomic mass is 19.1. The molecule has 0 aliphatic carbocycles. The summed E-state index contributed by atoms with van der Waals surface area (Å²) in [6, 6.07) is 4.30. The fourth-order valence-electron chi connectivity index (χ4n) is 1.29. The SMILES string of the molecule is COc1nc2cc(F)ccc2nc1C. The van der Waals surface area contributed by atoms with E-state index in [9.17, 15) is 4.39 Å². The number of halogens is 1. The number of benzene rings is 1. The molecule has 0 amide bonds. The molecule has 0 N–H and O–H groups in total. The minimum atomic E-state index is -0.322. The van der Waals surface area contributed by atoms with Gasteiger partial charge in [-0.25, -0.2) is 14.4 Å². The first kappa shape index (κ1) is 8.87. The summed E-state index contributed by atoms with van der Waals surface area (Å²) in [5, 5.41) is 0. The van der Waals surface area contributed by atoms with Crippen molar-refractivity contribution >= 4 is 11.0 Å². The maximum Gasteiger partial charge on any atom is 0.235 e. The van der Waals surface area contributed by atoms with Crippen LogP contribution in [0.2, 0.25) is 0 Å². The summed E-state index contributed by atoms with van der Waals surface area (Å²) < 4.78 is 17.9. The predicted octanol–water partition coefficient (Wildman–Crippen LogP) is 2.09. The Morgan fingerprint density at radius 3 is 2.71 bits per heavy atom. The lowest BCUT2D eigenvalue weighted by molar-refractivity contribution is 0.394. The second kappa shape index (κ2) is 3.21. The smallest absolute Gasteiger partial charge is 0.235 e. The van der Waals surface area contributed by atoms with Crippen molar-refractivity contribution in [1.82, 2.24) is 9.97 Å². The second-order valence-corrected chi connectivity index (χ2v) is 2.95. The molecule has 0 bridgehead atoms. The Morgan fingerprint density at radius 1 is 1.21 bits per heavy atom. The number of ether oxygens (including phenoxy) is 1. The molecule has 0 saturated carbocycles. The Balaban J connectivity index is 2.73. The molecule has 0 fully saturated rings. The third kappa shape index (κ3) is 1.39. The first-order valence-corrected chi connectivity index (χ1v) is 4.18. The van der Waals surface area contributed by atoms with Gasteiger partial charge in [0.25, 0.3) is 0 Å². The first-order chi connectivity index (χ1) is 6.70.